The van der Waals surface area contributed by atoms with Crippen molar-refractivity contribution in [1.82, 2.24) is 14.3 Å². The fraction of sp³-hybridized carbons (Fsp3) is 0.364. The maximum Gasteiger partial charge on any atom is 0.404 e. The molecule has 1 fully saturated rings. The maximum atomic E-state index is 12.8. The van der Waals surface area contributed by atoms with Crippen LogP contribution in [0.15, 0.2) is 41.3 Å². The Morgan fingerprint density at radius 3 is 2.38 bits per heavy atom. The third kappa shape index (κ3) is 3.87. The summed E-state index contributed by atoms with van der Waals surface area (Å²) in [6, 6.07) is 9.45. The number of nitriles is 1. The summed E-state index contributed by atoms with van der Waals surface area (Å²) in [5.41, 5.74) is 3.22. The molecule has 10 heteroatoms. The largest absolute Gasteiger partial charge is 0.404 e. The van der Waals surface area contributed by atoms with Crippen molar-refractivity contribution in [1.29, 1.82) is 5.26 Å². The minimum absolute atomic E-state index is 0.182. The van der Waals surface area contributed by atoms with E-state index in [2.05, 4.69) is 11.1 Å². The molecule has 0 saturated heterocycles. The Balaban J connectivity index is 1.80. The standard InChI is InChI=1S/C22H21F3N4O2S/c1-13-6-11-18-19(12-26)20(29(21(18)27-13)16-4-3-5-16)15-7-9-17(10-8-15)32(30,31)28-14(2)22(23,24)25/h6-11,14,16,28H,3-5H2,1-2H3/t14-/m1/s1. The number of fused-ring (bicyclic) bond motifs is 1. The first-order chi connectivity index (χ1) is 15.0. The molecule has 2 aromatic heterocycles. The third-order valence-electron chi connectivity index (χ3n) is 5.80. The minimum Gasteiger partial charge on any atom is -0.321 e. The summed E-state index contributed by atoms with van der Waals surface area (Å²) in [5.74, 6) is 0. The number of aromatic nitrogens is 2. The Hall–Kier alpha value is -2.90. The molecule has 0 unspecified atom stereocenters. The van der Waals surface area contributed by atoms with Crippen LogP contribution in [0.3, 0.4) is 0 Å². The van der Waals surface area contributed by atoms with E-state index in [1.165, 1.54) is 24.3 Å². The van der Waals surface area contributed by atoms with E-state index < -0.39 is 22.2 Å². The molecular formula is C22H21F3N4O2S. The zero-order chi connectivity index (χ0) is 23.3. The van der Waals surface area contributed by atoms with Crippen LogP contribution in [0.2, 0.25) is 0 Å². The van der Waals surface area contributed by atoms with E-state index >= 15 is 0 Å². The molecule has 0 amide bonds. The molecule has 1 atom stereocenters. The van der Waals surface area contributed by atoms with Gasteiger partial charge in [0.15, 0.2) is 0 Å². The van der Waals surface area contributed by atoms with E-state index in [1.807, 2.05) is 23.6 Å². The first kappa shape index (κ1) is 22.3. The number of alkyl halides is 3. The fourth-order valence-corrected chi connectivity index (χ4v) is 5.06. The lowest BCUT2D eigenvalue weighted by Crippen LogP contribution is -2.42. The van der Waals surface area contributed by atoms with Crippen molar-refractivity contribution in [3.8, 4) is 17.3 Å². The van der Waals surface area contributed by atoms with Gasteiger partial charge in [-0.2, -0.15) is 23.2 Å². The van der Waals surface area contributed by atoms with Gasteiger partial charge in [0.05, 0.1) is 16.2 Å². The highest BCUT2D eigenvalue weighted by atomic mass is 32.2. The number of benzene rings is 1. The average Bonchev–Trinajstić information content (AvgIpc) is 2.99. The molecule has 0 radical (unpaired) electrons. The SMILES string of the molecule is Cc1ccc2c(C#N)c(-c3ccc(S(=O)(=O)N[C@H](C)C(F)(F)F)cc3)n(C3CCC3)c2n1. The summed E-state index contributed by atoms with van der Waals surface area (Å²) in [4.78, 5) is 4.36. The van der Waals surface area contributed by atoms with Gasteiger partial charge in [-0.3, -0.25) is 0 Å². The predicted molar refractivity (Wildman–Crippen MR) is 113 cm³/mol. The van der Waals surface area contributed by atoms with Crippen LogP contribution in [-0.4, -0.2) is 30.2 Å². The van der Waals surface area contributed by atoms with Gasteiger partial charge in [0.25, 0.3) is 0 Å². The molecule has 32 heavy (non-hydrogen) atoms. The molecule has 168 valence electrons. The quantitative estimate of drug-likeness (QED) is 0.588. The van der Waals surface area contributed by atoms with Crippen LogP contribution in [0.4, 0.5) is 13.2 Å². The number of rotatable bonds is 5. The van der Waals surface area contributed by atoms with Crippen LogP contribution >= 0.6 is 0 Å². The average molecular weight is 462 g/mol. The van der Waals surface area contributed by atoms with Crippen LogP contribution in [0, 0.1) is 18.3 Å². The van der Waals surface area contributed by atoms with E-state index in [9.17, 15) is 26.9 Å². The number of pyridine rings is 1. The lowest BCUT2D eigenvalue weighted by atomic mass is 9.92. The predicted octanol–water partition coefficient (Wildman–Crippen LogP) is 4.84. The monoisotopic (exact) mass is 462 g/mol. The van der Waals surface area contributed by atoms with Crippen molar-refractivity contribution in [3.63, 3.8) is 0 Å². The molecule has 0 bridgehead atoms. The van der Waals surface area contributed by atoms with Crippen molar-refractivity contribution in [2.45, 2.75) is 56.3 Å². The summed E-state index contributed by atoms with van der Waals surface area (Å²) in [7, 11) is -4.36. The molecule has 1 N–H and O–H groups in total. The van der Waals surface area contributed by atoms with Gasteiger partial charge in [-0.05, 0) is 62.9 Å². The normalized spacial score (nSPS) is 16.0. The number of hydrogen-bond acceptors (Lipinski definition) is 4. The summed E-state index contributed by atoms with van der Waals surface area (Å²) >= 11 is 0. The number of aryl methyl sites for hydroxylation is 1. The molecule has 3 aromatic rings. The van der Waals surface area contributed by atoms with Crippen LogP contribution in [0.1, 0.15) is 43.5 Å². The highest BCUT2D eigenvalue weighted by molar-refractivity contribution is 7.89. The van der Waals surface area contributed by atoms with Crippen molar-refractivity contribution < 1.29 is 21.6 Å². The molecule has 1 aliphatic rings. The number of nitrogens with zero attached hydrogens (tertiary/aromatic N) is 3. The number of sulfonamides is 1. The molecule has 4 rings (SSSR count). The van der Waals surface area contributed by atoms with Crippen molar-refractivity contribution in [2.24, 2.45) is 0 Å². The highest BCUT2D eigenvalue weighted by Gasteiger charge is 2.39. The van der Waals surface area contributed by atoms with E-state index in [4.69, 9.17) is 0 Å². The van der Waals surface area contributed by atoms with Gasteiger partial charge in [0.2, 0.25) is 10.0 Å². The van der Waals surface area contributed by atoms with Gasteiger partial charge in [-0.15, -0.1) is 0 Å². The topological polar surface area (TPSA) is 87.8 Å². The second kappa shape index (κ2) is 7.90. The van der Waals surface area contributed by atoms with Crippen LogP contribution in [-0.2, 0) is 10.0 Å². The molecule has 6 nitrogen and oxygen atoms in total. The zero-order valence-electron chi connectivity index (χ0n) is 17.4. The van der Waals surface area contributed by atoms with Gasteiger partial charge < -0.3 is 4.57 Å². The molecule has 2 heterocycles. The summed E-state index contributed by atoms with van der Waals surface area (Å²) in [5, 5.41) is 10.6. The smallest absolute Gasteiger partial charge is 0.321 e. The third-order valence-corrected chi connectivity index (χ3v) is 7.36. The second-order valence-corrected chi connectivity index (χ2v) is 9.74. The Morgan fingerprint density at radius 1 is 1.19 bits per heavy atom. The highest BCUT2D eigenvalue weighted by Crippen LogP contribution is 2.42. The van der Waals surface area contributed by atoms with Gasteiger partial charge in [0, 0.05) is 17.1 Å². The van der Waals surface area contributed by atoms with Gasteiger partial charge in [0.1, 0.15) is 17.8 Å². The van der Waals surface area contributed by atoms with E-state index in [-0.39, 0.29) is 10.9 Å². The number of halogens is 3. The van der Waals surface area contributed by atoms with Gasteiger partial charge >= 0.3 is 6.18 Å². The van der Waals surface area contributed by atoms with Crippen molar-refractivity contribution >= 4 is 21.1 Å². The fourth-order valence-electron chi connectivity index (χ4n) is 3.83. The van der Waals surface area contributed by atoms with Crippen molar-refractivity contribution in [3.05, 3.63) is 47.7 Å². The van der Waals surface area contributed by atoms with Crippen LogP contribution in [0.25, 0.3) is 22.3 Å². The molecule has 0 aliphatic heterocycles. The summed E-state index contributed by atoms with van der Waals surface area (Å²) in [6.07, 6.45) is -1.73. The lowest BCUT2D eigenvalue weighted by Gasteiger charge is -2.29. The van der Waals surface area contributed by atoms with Crippen LogP contribution < -0.4 is 4.72 Å². The Morgan fingerprint density at radius 2 is 1.84 bits per heavy atom. The Kier molecular flexibility index (Phi) is 5.51. The minimum atomic E-state index is -4.69. The number of hydrogen-bond donors (Lipinski definition) is 1. The Bertz CT molecular complexity index is 1320. The molecule has 1 aromatic carbocycles. The van der Waals surface area contributed by atoms with Gasteiger partial charge in [-0.25, -0.2) is 13.4 Å². The van der Waals surface area contributed by atoms with Gasteiger partial charge in [-0.1, -0.05) is 12.1 Å². The molecule has 0 spiro atoms. The lowest BCUT2D eigenvalue weighted by molar-refractivity contribution is -0.147. The van der Waals surface area contributed by atoms with E-state index in [0.29, 0.717) is 22.5 Å². The van der Waals surface area contributed by atoms with Crippen LogP contribution in [0.5, 0.6) is 0 Å². The Labute approximate surface area is 183 Å². The first-order valence-electron chi connectivity index (χ1n) is 10.1. The molecule has 1 aliphatic carbocycles. The zero-order valence-corrected chi connectivity index (χ0v) is 18.3. The maximum absolute atomic E-state index is 12.8. The van der Waals surface area contributed by atoms with Crippen molar-refractivity contribution in [2.75, 3.05) is 0 Å². The molecule has 1 saturated carbocycles. The first-order valence-corrected chi connectivity index (χ1v) is 11.6. The summed E-state index contributed by atoms with van der Waals surface area (Å²) in [6.45, 7) is 2.62. The van der Waals surface area contributed by atoms with E-state index in [0.717, 1.165) is 37.3 Å². The van der Waals surface area contributed by atoms with E-state index in [1.54, 1.807) is 4.72 Å². The molecular weight excluding hydrogens is 441 g/mol. The second-order valence-electron chi connectivity index (χ2n) is 8.02. The number of nitrogens with one attached hydrogen (secondary N) is 1. The summed E-state index contributed by atoms with van der Waals surface area (Å²) < 4.78 is 66.8.